The van der Waals surface area contributed by atoms with Crippen LogP contribution in [0.2, 0.25) is 5.02 Å². The van der Waals surface area contributed by atoms with Gasteiger partial charge in [0.1, 0.15) is 5.82 Å². The lowest BCUT2D eigenvalue weighted by atomic mass is 9.63. The summed E-state index contributed by atoms with van der Waals surface area (Å²) in [4.78, 5) is 0. The molecule has 0 amide bonds. The van der Waals surface area contributed by atoms with Gasteiger partial charge in [-0.15, -0.1) is 0 Å². The number of benzene rings is 1. The van der Waals surface area contributed by atoms with Crippen molar-refractivity contribution in [3.05, 3.63) is 34.6 Å². The summed E-state index contributed by atoms with van der Waals surface area (Å²) in [6.45, 7) is 0. The minimum atomic E-state index is -4.53. The minimum absolute atomic E-state index is 0.0210. The van der Waals surface area contributed by atoms with Gasteiger partial charge in [0.05, 0.1) is 17.6 Å². The van der Waals surface area contributed by atoms with Crippen LogP contribution >= 0.6 is 11.6 Å². The molecular formula is C14H15ClF4O2. The second-order valence-corrected chi connectivity index (χ2v) is 5.85. The highest BCUT2D eigenvalue weighted by Gasteiger charge is 2.62. The van der Waals surface area contributed by atoms with Crippen LogP contribution in [0.3, 0.4) is 0 Å². The van der Waals surface area contributed by atoms with Gasteiger partial charge in [-0.2, -0.15) is 13.2 Å². The van der Waals surface area contributed by atoms with Crippen LogP contribution in [0.4, 0.5) is 17.6 Å². The van der Waals surface area contributed by atoms with E-state index >= 15 is 0 Å². The minimum Gasteiger partial charge on any atom is -0.392 e. The maximum atomic E-state index is 13.1. The Balaban J connectivity index is 2.15. The number of rotatable bonds is 4. The van der Waals surface area contributed by atoms with E-state index in [-0.39, 0.29) is 23.4 Å². The van der Waals surface area contributed by atoms with Crippen LogP contribution in [0.15, 0.2) is 18.2 Å². The molecule has 2 N–H and O–H groups in total. The van der Waals surface area contributed by atoms with Crippen LogP contribution in [0.25, 0.3) is 0 Å². The predicted octanol–water partition coefficient (Wildman–Crippen LogP) is 4.00. The van der Waals surface area contributed by atoms with E-state index in [9.17, 15) is 27.8 Å². The zero-order valence-electron chi connectivity index (χ0n) is 11.0. The summed E-state index contributed by atoms with van der Waals surface area (Å²) in [5, 5.41) is 19.9. The Morgan fingerprint density at radius 3 is 2.33 bits per heavy atom. The third-order valence-electron chi connectivity index (χ3n) is 4.21. The van der Waals surface area contributed by atoms with Crippen LogP contribution in [0.1, 0.15) is 37.4 Å². The summed E-state index contributed by atoms with van der Waals surface area (Å²) >= 11 is 5.80. The fourth-order valence-electron chi connectivity index (χ4n) is 2.70. The van der Waals surface area contributed by atoms with Gasteiger partial charge in [0, 0.05) is 17.0 Å². The van der Waals surface area contributed by atoms with E-state index in [1.54, 1.807) is 0 Å². The molecule has 0 heterocycles. The molecule has 1 aliphatic carbocycles. The van der Waals surface area contributed by atoms with Gasteiger partial charge >= 0.3 is 6.18 Å². The first-order valence-electron chi connectivity index (χ1n) is 6.55. The van der Waals surface area contributed by atoms with E-state index in [4.69, 9.17) is 11.6 Å². The van der Waals surface area contributed by atoms with Crippen LogP contribution in [-0.4, -0.2) is 22.5 Å². The molecule has 2 unspecified atom stereocenters. The van der Waals surface area contributed by atoms with Gasteiger partial charge < -0.3 is 10.2 Å². The quantitative estimate of drug-likeness (QED) is 0.821. The smallest absolute Gasteiger partial charge is 0.392 e. The van der Waals surface area contributed by atoms with Gasteiger partial charge in [0.2, 0.25) is 0 Å². The Kier molecular flexibility index (Phi) is 4.52. The Labute approximate surface area is 124 Å². The van der Waals surface area contributed by atoms with Gasteiger partial charge in [-0.3, -0.25) is 0 Å². The number of alkyl halides is 3. The van der Waals surface area contributed by atoms with Gasteiger partial charge in [-0.25, -0.2) is 4.39 Å². The zero-order chi connectivity index (χ0) is 15.8. The molecule has 1 fully saturated rings. The second kappa shape index (κ2) is 5.74. The average Bonchev–Trinajstić information content (AvgIpc) is 2.28. The highest BCUT2D eigenvalue weighted by atomic mass is 35.5. The van der Waals surface area contributed by atoms with E-state index in [1.165, 1.54) is 6.07 Å². The van der Waals surface area contributed by atoms with Crippen LogP contribution < -0.4 is 0 Å². The SMILES string of the molecule is OC(CC(O)C1(C(F)(F)F)CCC1)c1cc(F)ccc1Cl. The summed E-state index contributed by atoms with van der Waals surface area (Å²) in [7, 11) is 0. The molecular weight excluding hydrogens is 312 g/mol. The molecule has 0 radical (unpaired) electrons. The van der Waals surface area contributed by atoms with E-state index in [1.807, 2.05) is 0 Å². The molecule has 0 aliphatic heterocycles. The zero-order valence-corrected chi connectivity index (χ0v) is 11.8. The highest BCUT2D eigenvalue weighted by Crippen LogP contribution is 2.56. The average molecular weight is 327 g/mol. The molecule has 7 heteroatoms. The van der Waals surface area contributed by atoms with Crippen molar-refractivity contribution in [3.8, 4) is 0 Å². The third kappa shape index (κ3) is 3.03. The number of aliphatic hydroxyl groups is 2. The Morgan fingerprint density at radius 2 is 1.86 bits per heavy atom. The predicted molar refractivity (Wildman–Crippen MR) is 69.3 cm³/mol. The lowest BCUT2D eigenvalue weighted by Gasteiger charge is -2.46. The summed E-state index contributed by atoms with van der Waals surface area (Å²) in [5.74, 6) is -0.655. The number of hydrogen-bond donors (Lipinski definition) is 2. The Hall–Kier alpha value is -0.850. The summed E-state index contributed by atoms with van der Waals surface area (Å²) in [6.07, 6.45) is -8.22. The molecule has 1 aromatic carbocycles. The molecule has 2 nitrogen and oxygen atoms in total. The summed E-state index contributed by atoms with van der Waals surface area (Å²) in [5.41, 5.74) is -2.19. The lowest BCUT2D eigenvalue weighted by molar-refractivity contribution is -0.285. The van der Waals surface area contributed by atoms with Crippen molar-refractivity contribution >= 4 is 11.6 Å². The first kappa shape index (κ1) is 16.5. The second-order valence-electron chi connectivity index (χ2n) is 5.44. The normalized spacial score (nSPS) is 20.7. The maximum Gasteiger partial charge on any atom is 0.396 e. The molecule has 0 bridgehead atoms. The molecule has 0 saturated heterocycles. The Bertz CT molecular complexity index is 514. The van der Waals surface area contributed by atoms with E-state index in [0.717, 1.165) is 12.1 Å². The maximum absolute atomic E-state index is 13.1. The van der Waals surface area contributed by atoms with Gasteiger partial charge in [-0.05, 0) is 31.0 Å². The highest BCUT2D eigenvalue weighted by molar-refractivity contribution is 6.31. The number of hydrogen-bond acceptors (Lipinski definition) is 2. The third-order valence-corrected chi connectivity index (χ3v) is 4.56. The van der Waals surface area contributed by atoms with Crippen LogP contribution in [0.5, 0.6) is 0 Å². The molecule has 0 aromatic heterocycles. The van der Waals surface area contributed by atoms with Crippen molar-refractivity contribution in [3.63, 3.8) is 0 Å². The van der Waals surface area contributed by atoms with Crippen molar-refractivity contribution in [2.45, 2.75) is 44.1 Å². The number of aliphatic hydroxyl groups excluding tert-OH is 2. The topological polar surface area (TPSA) is 40.5 Å². The van der Waals surface area contributed by atoms with E-state index in [0.29, 0.717) is 6.42 Å². The van der Waals surface area contributed by atoms with Crippen molar-refractivity contribution in [2.24, 2.45) is 5.41 Å². The standard InChI is InChI=1S/C14H15ClF4O2/c15-10-3-2-8(16)6-9(10)11(20)7-12(21)13(4-1-5-13)14(17,18)19/h2-3,6,11-12,20-21H,1,4-5,7H2. The molecule has 0 spiro atoms. The molecule has 2 atom stereocenters. The molecule has 118 valence electrons. The van der Waals surface area contributed by atoms with Crippen molar-refractivity contribution < 1.29 is 27.8 Å². The van der Waals surface area contributed by atoms with E-state index < -0.39 is 36.0 Å². The van der Waals surface area contributed by atoms with Gasteiger partial charge in [0.15, 0.2) is 0 Å². The van der Waals surface area contributed by atoms with Crippen molar-refractivity contribution in [1.82, 2.24) is 0 Å². The summed E-state index contributed by atoms with van der Waals surface area (Å²) in [6, 6.07) is 3.25. The first-order valence-corrected chi connectivity index (χ1v) is 6.93. The fourth-order valence-corrected chi connectivity index (χ4v) is 2.94. The Morgan fingerprint density at radius 1 is 1.24 bits per heavy atom. The van der Waals surface area contributed by atoms with Gasteiger partial charge in [0.25, 0.3) is 0 Å². The van der Waals surface area contributed by atoms with Crippen LogP contribution in [0, 0.1) is 11.2 Å². The number of halogens is 5. The fraction of sp³-hybridized carbons (Fsp3) is 0.571. The van der Waals surface area contributed by atoms with Gasteiger partial charge in [-0.1, -0.05) is 18.0 Å². The molecule has 1 saturated carbocycles. The first-order chi connectivity index (χ1) is 9.67. The lowest BCUT2D eigenvalue weighted by Crippen LogP contribution is -2.52. The largest absolute Gasteiger partial charge is 0.396 e. The molecule has 1 aliphatic rings. The monoisotopic (exact) mass is 326 g/mol. The van der Waals surface area contributed by atoms with Crippen molar-refractivity contribution in [2.75, 3.05) is 0 Å². The van der Waals surface area contributed by atoms with E-state index in [2.05, 4.69) is 0 Å². The van der Waals surface area contributed by atoms with Crippen LogP contribution in [-0.2, 0) is 0 Å². The molecule has 21 heavy (non-hydrogen) atoms. The molecule has 2 rings (SSSR count). The molecule has 1 aromatic rings. The van der Waals surface area contributed by atoms with Crippen molar-refractivity contribution in [1.29, 1.82) is 0 Å². The summed E-state index contributed by atoms with van der Waals surface area (Å²) < 4.78 is 52.4.